The van der Waals surface area contributed by atoms with Gasteiger partial charge < -0.3 is 9.64 Å². The van der Waals surface area contributed by atoms with Gasteiger partial charge in [-0.2, -0.15) is 0 Å². The Hall–Kier alpha value is -1.13. The lowest BCUT2D eigenvalue weighted by Crippen LogP contribution is -2.38. The van der Waals surface area contributed by atoms with Crippen molar-refractivity contribution in [3.8, 4) is 0 Å². The molecule has 2 aromatic rings. The summed E-state index contributed by atoms with van der Waals surface area (Å²) in [6.07, 6.45) is 0. The summed E-state index contributed by atoms with van der Waals surface area (Å²) < 4.78 is 8.70. The van der Waals surface area contributed by atoms with Crippen molar-refractivity contribution < 1.29 is 9.53 Å². The Morgan fingerprint density at radius 3 is 2.58 bits per heavy atom. The summed E-state index contributed by atoms with van der Waals surface area (Å²) in [7, 11) is 0. The van der Waals surface area contributed by atoms with E-state index in [9.17, 15) is 4.79 Å². The van der Waals surface area contributed by atoms with Gasteiger partial charge in [-0.25, -0.2) is 0 Å². The first kappa shape index (κ1) is 19.6. The topological polar surface area (TPSA) is 60.2 Å². The van der Waals surface area contributed by atoms with Crippen molar-refractivity contribution in [1.82, 2.24) is 14.8 Å². The van der Waals surface area contributed by atoms with Crippen molar-refractivity contribution in [1.29, 1.82) is 0 Å². The number of benzene rings is 1. The maximum Gasteiger partial charge on any atom is 0.228 e. The van der Waals surface area contributed by atoms with Crippen LogP contribution in [0.25, 0.3) is 0 Å². The summed E-state index contributed by atoms with van der Waals surface area (Å²) in [6, 6.07) is 7.66. The highest BCUT2D eigenvalue weighted by Gasteiger charge is 2.21. The Balaban J connectivity index is 1.73. The molecule has 2 heterocycles. The second-order valence-electron chi connectivity index (χ2n) is 6.61. The van der Waals surface area contributed by atoms with Gasteiger partial charge in [0, 0.05) is 28.8 Å². The minimum Gasteiger partial charge on any atom is -0.378 e. The number of hydrogen-bond acceptors (Lipinski definition) is 6. The number of morpholine rings is 1. The van der Waals surface area contributed by atoms with Gasteiger partial charge >= 0.3 is 0 Å². The molecule has 0 radical (unpaired) electrons. The van der Waals surface area contributed by atoms with Crippen LogP contribution in [0.15, 0.2) is 29.4 Å². The van der Waals surface area contributed by atoms with E-state index in [0.29, 0.717) is 24.9 Å². The average molecular weight is 486 g/mol. The van der Waals surface area contributed by atoms with Gasteiger partial charge in [0.05, 0.1) is 19.0 Å². The van der Waals surface area contributed by atoms with Gasteiger partial charge in [0.15, 0.2) is 10.9 Å². The van der Waals surface area contributed by atoms with Crippen molar-refractivity contribution in [3.05, 3.63) is 33.4 Å². The van der Waals surface area contributed by atoms with Crippen LogP contribution in [0.4, 0.5) is 5.95 Å². The van der Waals surface area contributed by atoms with Crippen molar-refractivity contribution in [3.63, 3.8) is 0 Å². The van der Waals surface area contributed by atoms with Crippen molar-refractivity contribution in [2.75, 3.05) is 37.0 Å². The smallest absolute Gasteiger partial charge is 0.228 e. The van der Waals surface area contributed by atoms with E-state index in [1.807, 2.05) is 24.3 Å². The first-order chi connectivity index (χ1) is 12.5. The van der Waals surface area contributed by atoms with E-state index in [1.165, 1.54) is 11.8 Å². The second-order valence-corrected chi connectivity index (χ2v) is 8.79. The monoisotopic (exact) mass is 486 g/mol. The lowest BCUT2D eigenvalue weighted by Gasteiger charge is -2.28. The molecule has 6 nitrogen and oxygen atoms in total. The van der Waals surface area contributed by atoms with Crippen LogP contribution in [0.5, 0.6) is 0 Å². The first-order valence-electron chi connectivity index (χ1n) is 8.72. The van der Waals surface area contributed by atoms with Crippen LogP contribution in [0.2, 0.25) is 0 Å². The van der Waals surface area contributed by atoms with E-state index in [0.717, 1.165) is 39.9 Å². The normalized spacial score (nSPS) is 14.8. The van der Waals surface area contributed by atoms with Gasteiger partial charge in [0.25, 0.3) is 0 Å². The minimum atomic E-state index is 0.110. The fourth-order valence-electron chi connectivity index (χ4n) is 2.76. The molecular weight excluding hydrogens is 463 g/mol. The number of halogens is 1. The summed E-state index contributed by atoms with van der Waals surface area (Å²) in [5, 5.41) is 9.57. The molecule has 1 aromatic heterocycles. The number of carbonyl (C=O) groups excluding carboxylic acids is 1. The van der Waals surface area contributed by atoms with Crippen molar-refractivity contribution in [2.24, 2.45) is 5.92 Å². The molecule has 1 saturated heterocycles. The maximum absolute atomic E-state index is 12.5. The maximum atomic E-state index is 12.5. The number of aromatic nitrogens is 3. The highest BCUT2D eigenvalue weighted by atomic mass is 127. The molecule has 0 spiro atoms. The summed E-state index contributed by atoms with van der Waals surface area (Å²) >= 11 is 3.70. The van der Waals surface area contributed by atoms with Crippen LogP contribution < -0.4 is 4.90 Å². The molecule has 0 N–H and O–H groups in total. The summed E-state index contributed by atoms with van der Waals surface area (Å²) in [5.41, 5.74) is 0.737. The number of ether oxygens (including phenoxy) is 1. The SMILES string of the molecule is CC(C)Cn1c(SCC(=O)c2ccc(I)cc2)nnc1N1CCOCC1. The summed E-state index contributed by atoms with van der Waals surface area (Å²) in [4.78, 5) is 14.7. The van der Waals surface area contributed by atoms with E-state index >= 15 is 0 Å². The Morgan fingerprint density at radius 1 is 1.23 bits per heavy atom. The minimum absolute atomic E-state index is 0.110. The quantitative estimate of drug-likeness (QED) is 0.340. The zero-order valence-electron chi connectivity index (χ0n) is 15.0. The van der Waals surface area contributed by atoms with E-state index in [-0.39, 0.29) is 5.78 Å². The molecule has 3 rings (SSSR count). The van der Waals surface area contributed by atoms with Crippen LogP contribution in [-0.4, -0.2) is 52.6 Å². The third-order valence-corrected chi connectivity index (χ3v) is 5.72. The third-order valence-electron chi connectivity index (χ3n) is 4.04. The van der Waals surface area contributed by atoms with Gasteiger partial charge in [0.1, 0.15) is 0 Å². The fraction of sp³-hybridized carbons (Fsp3) is 0.500. The molecule has 0 bridgehead atoms. The van der Waals surface area contributed by atoms with Gasteiger partial charge in [0.2, 0.25) is 5.95 Å². The molecule has 0 unspecified atom stereocenters. The van der Waals surface area contributed by atoms with Gasteiger partial charge in [-0.3, -0.25) is 9.36 Å². The molecule has 0 atom stereocenters. The molecule has 0 saturated carbocycles. The van der Waals surface area contributed by atoms with E-state index in [4.69, 9.17) is 4.74 Å². The van der Waals surface area contributed by atoms with Crippen molar-refractivity contribution >= 4 is 46.1 Å². The number of ketones is 1. The van der Waals surface area contributed by atoms with Gasteiger partial charge in [-0.1, -0.05) is 37.7 Å². The molecule has 1 fully saturated rings. The Morgan fingerprint density at radius 2 is 1.92 bits per heavy atom. The molecule has 1 aromatic carbocycles. The molecule has 26 heavy (non-hydrogen) atoms. The number of nitrogens with zero attached hydrogens (tertiary/aromatic N) is 4. The number of thioether (sulfide) groups is 1. The molecule has 1 aliphatic rings. The van der Waals surface area contributed by atoms with Crippen LogP contribution in [0, 0.1) is 9.49 Å². The molecule has 1 aliphatic heterocycles. The van der Waals surface area contributed by atoms with Crippen LogP contribution in [0.3, 0.4) is 0 Å². The predicted molar refractivity (Wildman–Crippen MR) is 112 cm³/mol. The first-order valence-corrected chi connectivity index (χ1v) is 10.8. The lowest BCUT2D eigenvalue weighted by atomic mass is 10.2. The number of carbonyl (C=O) groups is 1. The number of Topliss-reactive ketones (excluding diaryl/α,β-unsaturated/α-hetero) is 1. The Kier molecular flexibility index (Phi) is 6.93. The van der Waals surface area contributed by atoms with Crippen LogP contribution >= 0.6 is 34.4 Å². The second kappa shape index (κ2) is 9.18. The Labute approximate surface area is 171 Å². The number of hydrogen-bond donors (Lipinski definition) is 0. The summed E-state index contributed by atoms with van der Waals surface area (Å²) in [5.74, 6) is 1.82. The zero-order valence-corrected chi connectivity index (χ0v) is 18.0. The zero-order chi connectivity index (χ0) is 18.5. The molecule has 140 valence electrons. The molecule has 0 amide bonds. The van der Waals surface area contributed by atoms with Gasteiger partial charge in [-0.15, -0.1) is 10.2 Å². The highest BCUT2D eigenvalue weighted by Crippen LogP contribution is 2.25. The molecular formula is C18H23IN4O2S. The van der Waals surface area contributed by atoms with E-state index in [1.54, 1.807) is 0 Å². The fourth-order valence-corrected chi connectivity index (χ4v) is 3.96. The predicted octanol–water partition coefficient (Wildman–Crippen LogP) is 3.35. The number of anilines is 1. The standard InChI is InChI=1S/C18H23IN4O2S/c1-13(2)11-23-17(22-7-9-25-10-8-22)20-21-18(23)26-12-16(24)14-3-5-15(19)6-4-14/h3-6,13H,7-12H2,1-2H3. The molecule has 8 heteroatoms. The van der Waals surface area contributed by atoms with Crippen LogP contribution in [0.1, 0.15) is 24.2 Å². The van der Waals surface area contributed by atoms with E-state index < -0.39 is 0 Å². The summed E-state index contributed by atoms with van der Waals surface area (Å²) in [6.45, 7) is 8.25. The molecule has 0 aliphatic carbocycles. The van der Waals surface area contributed by atoms with Crippen LogP contribution in [-0.2, 0) is 11.3 Å². The average Bonchev–Trinajstić information content (AvgIpc) is 3.03. The highest BCUT2D eigenvalue weighted by molar-refractivity contribution is 14.1. The van der Waals surface area contributed by atoms with E-state index in [2.05, 4.69) is 56.1 Å². The lowest BCUT2D eigenvalue weighted by molar-refractivity contribution is 0.102. The largest absolute Gasteiger partial charge is 0.378 e. The Bertz CT molecular complexity index is 742. The third kappa shape index (κ3) is 4.98. The van der Waals surface area contributed by atoms with Crippen molar-refractivity contribution in [2.45, 2.75) is 25.5 Å². The van der Waals surface area contributed by atoms with Gasteiger partial charge in [-0.05, 0) is 40.6 Å². The number of rotatable bonds is 7.